The molecule has 0 radical (unpaired) electrons. The number of hydrogen-bond acceptors (Lipinski definition) is 5. The Morgan fingerprint density at radius 3 is 1.85 bits per heavy atom. The van der Waals surface area contributed by atoms with Gasteiger partial charge in [0.05, 0.1) is 21.5 Å². The highest BCUT2D eigenvalue weighted by molar-refractivity contribution is 5.58. The van der Waals surface area contributed by atoms with Crippen LogP contribution in [0.25, 0.3) is 0 Å². The number of hydrogen-bond donors (Lipinski definition) is 0. The molecule has 0 aliphatic carbocycles. The first-order chi connectivity index (χ1) is 12.1. The van der Waals surface area contributed by atoms with Crippen molar-refractivity contribution in [1.82, 2.24) is 0 Å². The Bertz CT molecular complexity index is 906. The topological polar surface area (TPSA) is 95.5 Å². The SMILES string of the molecule is Cc1cc([N+](=O)[O-])cc([N+](=O)[O-])c1OCc1c(F)c(F)c(F)c(F)c1F. The zero-order valence-corrected chi connectivity index (χ0v) is 12.7. The summed E-state index contributed by atoms with van der Waals surface area (Å²) in [6.07, 6.45) is 0. The predicted octanol–water partition coefficient (Wildman–Crippen LogP) is 4.09. The van der Waals surface area contributed by atoms with E-state index in [4.69, 9.17) is 4.74 Å². The fraction of sp³-hybridized carbons (Fsp3) is 0.143. The molecule has 0 spiro atoms. The smallest absolute Gasteiger partial charge is 0.318 e. The molecule has 138 valence electrons. The molecule has 0 aliphatic heterocycles. The van der Waals surface area contributed by atoms with E-state index in [9.17, 15) is 42.2 Å². The second-order valence-electron chi connectivity index (χ2n) is 4.96. The van der Waals surface area contributed by atoms with Gasteiger partial charge in [0.25, 0.3) is 5.69 Å². The van der Waals surface area contributed by atoms with Gasteiger partial charge in [-0.2, -0.15) is 0 Å². The summed E-state index contributed by atoms with van der Waals surface area (Å²) in [7, 11) is 0. The van der Waals surface area contributed by atoms with Gasteiger partial charge in [-0.3, -0.25) is 20.2 Å². The highest BCUT2D eigenvalue weighted by Crippen LogP contribution is 2.36. The quantitative estimate of drug-likeness (QED) is 0.257. The first-order valence-corrected chi connectivity index (χ1v) is 6.62. The van der Waals surface area contributed by atoms with Crippen molar-refractivity contribution in [2.24, 2.45) is 0 Å². The summed E-state index contributed by atoms with van der Waals surface area (Å²) in [6.45, 7) is -0.0564. The van der Waals surface area contributed by atoms with E-state index in [1.165, 1.54) is 6.92 Å². The van der Waals surface area contributed by atoms with Crippen molar-refractivity contribution in [3.05, 3.63) is 72.6 Å². The Kier molecular flexibility index (Phi) is 5.05. The van der Waals surface area contributed by atoms with Gasteiger partial charge in [-0.15, -0.1) is 0 Å². The molecule has 26 heavy (non-hydrogen) atoms. The predicted molar refractivity (Wildman–Crippen MR) is 75.1 cm³/mol. The van der Waals surface area contributed by atoms with E-state index in [1.54, 1.807) is 0 Å². The second kappa shape index (κ2) is 6.90. The van der Waals surface area contributed by atoms with Crippen LogP contribution in [0.4, 0.5) is 33.3 Å². The summed E-state index contributed by atoms with van der Waals surface area (Å²) >= 11 is 0. The Morgan fingerprint density at radius 1 is 0.885 bits per heavy atom. The molecule has 0 fully saturated rings. The molecule has 2 aromatic carbocycles. The number of nitro groups is 2. The van der Waals surface area contributed by atoms with Gasteiger partial charge in [-0.25, -0.2) is 22.0 Å². The molecule has 0 atom stereocenters. The summed E-state index contributed by atoms with van der Waals surface area (Å²) in [4.78, 5) is 19.8. The van der Waals surface area contributed by atoms with Crippen molar-refractivity contribution < 1.29 is 36.5 Å². The van der Waals surface area contributed by atoms with E-state index < -0.39 is 68.2 Å². The van der Waals surface area contributed by atoms with Crippen molar-refractivity contribution >= 4 is 11.4 Å². The molecule has 7 nitrogen and oxygen atoms in total. The van der Waals surface area contributed by atoms with E-state index in [0.717, 1.165) is 6.07 Å². The molecule has 0 saturated heterocycles. The first-order valence-electron chi connectivity index (χ1n) is 6.62. The molecule has 0 N–H and O–H groups in total. The number of rotatable bonds is 5. The zero-order chi connectivity index (χ0) is 19.8. The van der Waals surface area contributed by atoms with E-state index in [2.05, 4.69) is 0 Å². The average Bonchev–Trinajstić information content (AvgIpc) is 2.58. The summed E-state index contributed by atoms with van der Waals surface area (Å²) in [6, 6.07) is 1.43. The molecule has 0 saturated carbocycles. The third-order valence-electron chi connectivity index (χ3n) is 3.31. The van der Waals surface area contributed by atoms with E-state index in [-0.39, 0.29) is 5.56 Å². The highest BCUT2D eigenvalue weighted by Gasteiger charge is 2.28. The van der Waals surface area contributed by atoms with Crippen molar-refractivity contribution in [2.45, 2.75) is 13.5 Å². The molecular weight excluding hydrogens is 371 g/mol. The van der Waals surface area contributed by atoms with Crippen LogP contribution in [-0.2, 0) is 6.61 Å². The fourth-order valence-electron chi connectivity index (χ4n) is 2.09. The fourth-order valence-corrected chi connectivity index (χ4v) is 2.09. The third-order valence-corrected chi connectivity index (χ3v) is 3.31. The van der Waals surface area contributed by atoms with Crippen LogP contribution in [-0.4, -0.2) is 9.85 Å². The minimum Gasteiger partial charge on any atom is -0.482 e. The molecule has 0 bridgehead atoms. The summed E-state index contributed by atoms with van der Waals surface area (Å²) in [5.74, 6) is -11.7. The van der Waals surface area contributed by atoms with Crippen molar-refractivity contribution in [3.8, 4) is 5.75 Å². The van der Waals surface area contributed by atoms with Crippen LogP contribution in [0.2, 0.25) is 0 Å². The average molecular weight is 378 g/mol. The van der Waals surface area contributed by atoms with Crippen LogP contribution < -0.4 is 4.74 Å². The second-order valence-corrected chi connectivity index (χ2v) is 4.96. The number of benzene rings is 2. The van der Waals surface area contributed by atoms with E-state index in [1.807, 2.05) is 0 Å². The van der Waals surface area contributed by atoms with Gasteiger partial charge in [0.1, 0.15) is 6.61 Å². The van der Waals surface area contributed by atoms with Crippen LogP contribution in [0.15, 0.2) is 12.1 Å². The molecule has 2 rings (SSSR count). The largest absolute Gasteiger partial charge is 0.482 e. The molecule has 12 heteroatoms. The number of halogens is 5. The van der Waals surface area contributed by atoms with Crippen LogP contribution >= 0.6 is 0 Å². The van der Waals surface area contributed by atoms with Gasteiger partial charge in [0.15, 0.2) is 23.3 Å². The van der Waals surface area contributed by atoms with Crippen molar-refractivity contribution in [1.29, 1.82) is 0 Å². The lowest BCUT2D eigenvalue weighted by molar-refractivity contribution is -0.394. The molecule has 0 amide bonds. The summed E-state index contributed by atoms with van der Waals surface area (Å²) < 4.78 is 71.4. The van der Waals surface area contributed by atoms with Gasteiger partial charge >= 0.3 is 5.69 Å². The van der Waals surface area contributed by atoms with Crippen molar-refractivity contribution in [2.75, 3.05) is 0 Å². The molecule has 0 aliphatic rings. The number of nitrogens with zero attached hydrogens (tertiary/aromatic N) is 2. The zero-order valence-electron chi connectivity index (χ0n) is 12.7. The Hall–Kier alpha value is -3.31. The summed E-state index contributed by atoms with van der Waals surface area (Å²) in [5.41, 5.74) is -3.03. The number of ether oxygens (including phenoxy) is 1. The van der Waals surface area contributed by atoms with E-state index >= 15 is 0 Å². The normalized spacial score (nSPS) is 10.7. The third kappa shape index (κ3) is 3.25. The minimum absolute atomic E-state index is 0.144. The standard InChI is InChI=1S/C14H7F5N2O5/c1-5-2-6(20(22)23)3-8(21(24)25)14(5)26-4-7-9(15)11(17)13(19)12(18)10(7)16/h2-3H,4H2,1H3. The van der Waals surface area contributed by atoms with Crippen LogP contribution in [0.3, 0.4) is 0 Å². The van der Waals surface area contributed by atoms with Crippen LogP contribution in [0, 0.1) is 56.2 Å². The number of aryl methyl sites for hydroxylation is 1. The maximum Gasteiger partial charge on any atom is 0.318 e. The monoisotopic (exact) mass is 378 g/mol. The lowest BCUT2D eigenvalue weighted by Crippen LogP contribution is -2.11. The Balaban J connectivity index is 2.49. The Morgan fingerprint density at radius 2 is 1.38 bits per heavy atom. The van der Waals surface area contributed by atoms with Crippen LogP contribution in [0.5, 0.6) is 5.75 Å². The molecule has 0 aromatic heterocycles. The Labute approximate surface area is 140 Å². The van der Waals surface area contributed by atoms with Gasteiger partial charge in [-0.05, 0) is 6.92 Å². The number of nitro benzene ring substituents is 2. The molecule has 2 aromatic rings. The lowest BCUT2D eigenvalue weighted by Gasteiger charge is -2.12. The van der Waals surface area contributed by atoms with Gasteiger partial charge < -0.3 is 4.74 Å². The maximum atomic E-state index is 13.6. The van der Waals surface area contributed by atoms with Gasteiger partial charge in [-0.1, -0.05) is 0 Å². The molecule has 0 heterocycles. The van der Waals surface area contributed by atoms with E-state index in [0.29, 0.717) is 6.07 Å². The minimum atomic E-state index is -2.36. The van der Waals surface area contributed by atoms with Crippen LogP contribution in [0.1, 0.15) is 11.1 Å². The van der Waals surface area contributed by atoms with Gasteiger partial charge in [0.2, 0.25) is 11.6 Å². The highest BCUT2D eigenvalue weighted by atomic mass is 19.2. The number of non-ortho nitro benzene ring substituents is 1. The van der Waals surface area contributed by atoms with Crippen molar-refractivity contribution in [3.63, 3.8) is 0 Å². The summed E-state index contributed by atoms with van der Waals surface area (Å²) in [5, 5.41) is 21.8. The maximum absolute atomic E-state index is 13.6. The molecular formula is C14H7F5N2O5. The first kappa shape index (κ1) is 19.0. The van der Waals surface area contributed by atoms with Gasteiger partial charge in [0, 0.05) is 11.6 Å². The lowest BCUT2D eigenvalue weighted by atomic mass is 10.1. The molecule has 0 unspecified atom stereocenters.